The minimum atomic E-state index is -0.827. The summed E-state index contributed by atoms with van der Waals surface area (Å²) in [5.74, 6) is 1.96. The van der Waals surface area contributed by atoms with Crippen molar-refractivity contribution in [2.24, 2.45) is 11.8 Å². The maximum Gasteiger partial charge on any atom is 0.266 e. The topological polar surface area (TPSA) is 29.5 Å². The number of hydrogen-bond donors (Lipinski definition) is 0. The molecule has 1 heterocycles. The Kier molecular flexibility index (Phi) is 4.60. The van der Waals surface area contributed by atoms with E-state index in [2.05, 4.69) is 13.8 Å². The first kappa shape index (κ1) is 15.9. The molecule has 1 fully saturated rings. The van der Waals surface area contributed by atoms with E-state index >= 15 is 0 Å². The van der Waals surface area contributed by atoms with Crippen molar-refractivity contribution in [2.45, 2.75) is 46.6 Å². The number of amides is 1. The first-order valence-corrected chi connectivity index (χ1v) is 7.83. The van der Waals surface area contributed by atoms with Crippen molar-refractivity contribution in [1.82, 2.24) is 4.90 Å². The molecule has 0 radical (unpaired) electrons. The highest BCUT2D eigenvalue weighted by atomic mass is 16.5. The van der Waals surface area contributed by atoms with Crippen molar-refractivity contribution in [3.8, 4) is 5.75 Å². The molecule has 1 aromatic carbocycles. The summed E-state index contributed by atoms with van der Waals surface area (Å²) < 4.78 is 5.95. The molecule has 116 valence electrons. The van der Waals surface area contributed by atoms with Crippen LogP contribution in [0.4, 0.5) is 0 Å². The summed E-state index contributed by atoms with van der Waals surface area (Å²) >= 11 is 0. The van der Waals surface area contributed by atoms with Crippen molar-refractivity contribution in [3.63, 3.8) is 0 Å². The van der Waals surface area contributed by atoms with Crippen molar-refractivity contribution in [2.75, 3.05) is 13.1 Å². The highest BCUT2D eigenvalue weighted by Gasteiger charge is 2.37. The van der Waals surface area contributed by atoms with Gasteiger partial charge in [0.25, 0.3) is 5.91 Å². The molecule has 0 spiro atoms. The number of aryl methyl sites for hydroxylation is 1. The largest absolute Gasteiger partial charge is 0.478 e. The monoisotopic (exact) mass is 289 g/mol. The van der Waals surface area contributed by atoms with Gasteiger partial charge in [-0.15, -0.1) is 0 Å². The summed E-state index contributed by atoms with van der Waals surface area (Å²) in [6, 6.07) is 7.85. The Balaban J connectivity index is 2.07. The third kappa shape index (κ3) is 3.99. The van der Waals surface area contributed by atoms with Gasteiger partial charge >= 0.3 is 0 Å². The van der Waals surface area contributed by atoms with E-state index in [0.29, 0.717) is 11.8 Å². The summed E-state index contributed by atoms with van der Waals surface area (Å²) in [5.41, 5.74) is 0.358. The predicted molar refractivity (Wildman–Crippen MR) is 85.4 cm³/mol. The molecule has 21 heavy (non-hydrogen) atoms. The highest BCUT2D eigenvalue weighted by Crippen LogP contribution is 2.26. The van der Waals surface area contributed by atoms with Gasteiger partial charge in [0.2, 0.25) is 0 Å². The van der Waals surface area contributed by atoms with Crippen LogP contribution < -0.4 is 4.74 Å². The third-order valence-electron chi connectivity index (χ3n) is 4.07. The fourth-order valence-electron chi connectivity index (χ4n) is 3.15. The van der Waals surface area contributed by atoms with Crippen molar-refractivity contribution in [3.05, 3.63) is 29.8 Å². The number of piperidine rings is 1. The Hall–Kier alpha value is -1.51. The van der Waals surface area contributed by atoms with E-state index in [-0.39, 0.29) is 5.91 Å². The minimum Gasteiger partial charge on any atom is -0.478 e. The van der Waals surface area contributed by atoms with E-state index in [4.69, 9.17) is 4.74 Å². The van der Waals surface area contributed by atoms with E-state index in [1.807, 2.05) is 49.9 Å². The first-order chi connectivity index (χ1) is 9.78. The smallest absolute Gasteiger partial charge is 0.266 e. The Labute approximate surface area is 128 Å². The second kappa shape index (κ2) is 6.08. The van der Waals surface area contributed by atoms with Crippen LogP contribution in [0.15, 0.2) is 24.3 Å². The minimum absolute atomic E-state index is 0.0847. The Bertz CT molecular complexity index is 482. The van der Waals surface area contributed by atoms with Crippen LogP contribution in [0.25, 0.3) is 0 Å². The molecule has 2 unspecified atom stereocenters. The van der Waals surface area contributed by atoms with E-state index in [1.165, 1.54) is 12.0 Å². The molecule has 1 amide bonds. The molecule has 0 N–H and O–H groups in total. The van der Waals surface area contributed by atoms with Gasteiger partial charge in [-0.25, -0.2) is 0 Å². The summed E-state index contributed by atoms with van der Waals surface area (Å²) in [7, 11) is 0. The second-order valence-electron chi connectivity index (χ2n) is 7.08. The molecule has 1 aromatic rings. The third-order valence-corrected chi connectivity index (χ3v) is 4.07. The zero-order chi connectivity index (χ0) is 15.6. The normalized spacial score (nSPS) is 23.0. The van der Waals surface area contributed by atoms with Gasteiger partial charge in [0.05, 0.1) is 0 Å². The molecule has 1 saturated heterocycles. The van der Waals surface area contributed by atoms with Gasteiger partial charge in [0.1, 0.15) is 5.75 Å². The molecular formula is C18H27NO2. The SMILES string of the molecule is Cc1ccc(OC(C)(C)C(=O)N2CC(C)CC(C)C2)cc1. The van der Waals surface area contributed by atoms with Crippen LogP contribution in [0.1, 0.15) is 39.7 Å². The fraction of sp³-hybridized carbons (Fsp3) is 0.611. The van der Waals surface area contributed by atoms with Gasteiger partial charge in [0, 0.05) is 13.1 Å². The number of rotatable bonds is 3. The number of benzene rings is 1. The Morgan fingerprint density at radius 3 is 2.19 bits per heavy atom. The van der Waals surface area contributed by atoms with Crippen LogP contribution in [0.5, 0.6) is 5.75 Å². The van der Waals surface area contributed by atoms with E-state index < -0.39 is 5.60 Å². The molecule has 3 heteroatoms. The fourth-order valence-corrected chi connectivity index (χ4v) is 3.15. The summed E-state index contributed by atoms with van der Waals surface area (Å²) in [5, 5.41) is 0. The van der Waals surface area contributed by atoms with E-state index in [0.717, 1.165) is 18.8 Å². The second-order valence-corrected chi connectivity index (χ2v) is 7.08. The Morgan fingerprint density at radius 2 is 1.67 bits per heavy atom. The lowest BCUT2D eigenvalue weighted by Crippen LogP contribution is -2.53. The molecule has 3 nitrogen and oxygen atoms in total. The van der Waals surface area contributed by atoms with Crippen LogP contribution in [0.3, 0.4) is 0 Å². The molecular weight excluding hydrogens is 262 g/mol. The lowest BCUT2D eigenvalue weighted by atomic mass is 9.91. The zero-order valence-corrected chi connectivity index (χ0v) is 13.8. The quantitative estimate of drug-likeness (QED) is 0.850. The Morgan fingerprint density at radius 1 is 1.14 bits per heavy atom. The molecule has 2 rings (SSSR count). The molecule has 0 aliphatic carbocycles. The number of hydrogen-bond acceptors (Lipinski definition) is 2. The molecule has 1 aliphatic heterocycles. The van der Waals surface area contributed by atoms with E-state index in [9.17, 15) is 4.79 Å². The lowest BCUT2D eigenvalue weighted by Gasteiger charge is -2.39. The number of carbonyl (C=O) groups is 1. The highest BCUT2D eigenvalue weighted by molar-refractivity contribution is 5.85. The van der Waals surface area contributed by atoms with Gasteiger partial charge in [-0.05, 0) is 51.2 Å². The van der Waals surface area contributed by atoms with Crippen molar-refractivity contribution >= 4 is 5.91 Å². The summed E-state index contributed by atoms with van der Waals surface area (Å²) in [6.45, 7) is 11.9. The number of likely N-dealkylation sites (tertiary alicyclic amines) is 1. The van der Waals surface area contributed by atoms with Gasteiger partial charge in [-0.2, -0.15) is 0 Å². The number of nitrogens with zero attached hydrogens (tertiary/aromatic N) is 1. The lowest BCUT2D eigenvalue weighted by molar-refractivity contribution is -0.148. The van der Waals surface area contributed by atoms with E-state index in [1.54, 1.807) is 0 Å². The maximum absolute atomic E-state index is 12.8. The molecule has 0 saturated carbocycles. The zero-order valence-electron chi connectivity index (χ0n) is 13.8. The van der Waals surface area contributed by atoms with Crippen molar-refractivity contribution < 1.29 is 9.53 Å². The van der Waals surface area contributed by atoms with Gasteiger partial charge in [-0.1, -0.05) is 31.5 Å². The van der Waals surface area contributed by atoms with Gasteiger partial charge in [0.15, 0.2) is 5.60 Å². The van der Waals surface area contributed by atoms with Gasteiger partial charge < -0.3 is 9.64 Å². The molecule has 1 aliphatic rings. The van der Waals surface area contributed by atoms with Crippen molar-refractivity contribution in [1.29, 1.82) is 0 Å². The summed E-state index contributed by atoms with van der Waals surface area (Å²) in [4.78, 5) is 14.7. The van der Waals surface area contributed by atoms with Crippen LogP contribution in [0, 0.1) is 18.8 Å². The molecule has 0 aromatic heterocycles. The average molecular weight is 289 g/mol. The summed E-state index contributed by atoms with van der Waals surface area (Å²) in [6.07, 6.45) is 1.20. The molecule has 0 bridgehead atoms. The predicted octanol–water partition coefficient (Wildman–Crippen LogP) is 3.66. The van der Waals surface area contributed by atoms with Crippen LogP contribution in [0.2, 0.25) is 0 Å². The average Bonchev–Trinajstić information content (AvgIpc) is 2.39. The van der Waals surface area contributed by atoms with Crippen LogP contribution in [-0.2, 0) is 4.79 Å². The van der Waals surface area contributed by atoms with Crippen LogP contribution >= 0.6 is 0 Å². The maximum atomic E-state index is 12.8. The molecule has 2 atom stereocenters. The number of carbonyl (C=O) groups excluding carboxylic acids is 1. The van der Waals surface area contributed by atoms with Gasteiger partial charge in [-0.3, -0.25) is 4.79 Å². The van der Waals surface area contributed by atoms with Crippen LogP contribution in [-0.4, -0.2) is 29.5 Å². The standard InChI is InChI=1S/C18H27NO2/c1-13-6-8-16(9-7-13)21-18(4,5)17(20)19-11-14(2)10-15(3)12-19/h6-9,14-15H,10-12H2,1-5H3. The number of ether oxygens (including phenoxy) is 1. The first-order valence-electron chi connectivity index (χ1n) is 7.83.